The van der Waals surface area contributed by atoms with Crippen molar-refractivity contribution in [2.45, 2.75) is 45.1 Å². The molecule has 17 heavy (non-hydrogen) atoms. The van der Waals surface area contributed by atoms with Crippen LogP contribution in [0.3, 0.4) is 0 Å². The van der Waals surface area contributed by atoms with Gasteiger partial charge >= 0.3 is 0 Å². The lowest BCUT2D eigenvalue weighted by molar-refractivity contribution is 0.409. The summed E-state index contributed by atoms with van der Waals surface area (Å²) >= 11 is 0. The second-order valence-electron chi connectivity index (χ2n) is 4.23. The van der Waals surface area contributed by atoms with Crippen molar-refractivity contribution in [2.75, 3.05) is 7.11 Å². The standard InChI is InChI=1S/C13H23N3O/c1-3-4-5-6-7-13(16-14)11-8-12(17-2)10-15-9-11/h8-10,13,16H,3-7,14H2,1-2H3. The quantitative estimate of drug-likeness (QED) is 0.414. The molecule has 0 spiro atoms. The molecule has 0 radical (unpaired) electrons. The molecule has 1 aromatic heterocycles. The summed E-state index contributed by atoms with van der Waals surface area (Å²) in [4.78, 5) is 4.15. The fourth-order valence-electron chi connectivity index (χ4n) is 1.86. The fourth-order valence-corrected chi connectivity index (χ4v) is 1.86. The van der Waals surface area contributed by atoms with E-state index in [0.29, 0.717) is 0 Å². The summed E-state index contributed by atoms with van der Waals surface area (Å²) < 4.78 is 5.16. The molecule has 0 saturated carbocycles. The van der Waals surface area contributed by atoms with Crippen molar-refractivity contribution in [2.24, 2.45) is 5.84 Å². The number of nitrogens with zero attached hydrogens (tertiary/aromatic N) is 1. The third-order valence-electron chi connectivity index (χ3n) is 2.92. The van der Waals surface area contributed by atoms with Crippen molar-refractivity contribution in [3.8, 4) is 5.75 Å². The molecule has 1 aromatic rings. The molecule has 0 aliphatic carbocycles. The van der Waals surface area contributed by atoms with E-state index >= 15 is 0 Å². The SMILES string of the molecule is CCCCCCC(NN)c1cncc(OC)c1. The molecule has 1 unspecified atom stereocenters. The number of methoxy groups -OCH3 is 1. The molecule has 0 saturated heterocycles. The Morgan fingerprint density at radius 1 is 1.35 bits per heavy atom. The van der Waals surface area contributed by atoms with Crippen LogP contribution in [-0.2, 0) is 0 Å². The monoisotopic (exact) mass is 237 g/mol. The predicted octanol–water partition coefficient (Wildman–Crippen LogP) is 2.57. The molecule has 0 bridgehead atoms. The summed E-state index contributed by atoms with van der Waals surface area (Å²) in [5, 5.41) is 0. The second kappa shape index (κ2) is 8.03. The lowest BCUT2D eigenvalue weighted by Crippen LogP contribution is -2.28. The van der Waals surface area contributed by atoms with Crippen LogP contribution in [0.25, 0.3) is 0 Å². The van der Waals surface area contributed by atoms with Crippen LogP contribution >= 0.6 is 0 Å². The molecule has 3 N–H and O–H groups in total. The van der Waals surface area contributed by atoms with Gasteiger partial charge in [-0.25, -0.2) is 0 Å². The Morgan fingerprint density at radius 2 is 2.18 bits per heavy atom. The third-order valence-corrected chi connectivity index (χ3v) is 2.92. The first-order valence-electron chi connectivity index (χ1n) is 6.26. The van der Waals surface area contributed by atoms with Crippen LogP contribution in [0.4, 0.5) is 0 Å². The number of ether oxygens (including phenoxy) is 1. The van der Waals surface area contributed by atoms with Gasteiger partial charge in [0, 0.05) is 12.2 Å². The summed E-state index contributed by atoms with van der Waals surface area (Å²) in [6, 6.07) is 2.15. The lowest BCUT2D eigenvalue weighted by atomic mass is 10.0. The van der Waals surface area contributed by atoms with Gasteiger partial charge in [-0.05, 0) is 18.1 Å². The molecule has 1 rings (SSSR count). The number of hydrazine groups is 1. The first-order chi connectivity index (χ1) is 8.31. The highest BCUT2D eigenvalue weighted by atomic mass is 16.5. The molecule has 4 nitrogen and oxygen atoms in total. The van der Waals surface area contributed by atoms with Crippen molar-refractivity contribution in [1.29, 1.82) is 0 Å². The molecule has 0 aliphatic heterocycles. The number of hydrogen-bond acceptors (Lipinski definition) is 4. The first kappa shape index (κ1) is 13.9. The predicted molar refractivity (Wildman–Crippen MR) is 69.6 cm³/mol. The highest BCUT2D eigenvalue weighted by Crippen LogP contribution is 2.21. The molecule has 0 amide bonds. The summed E-state index contributed by atoms with van der Waals surface area (Å²) in [5.74, 6) is 6.37. The van der Waals surface area contributed by atoms with Gasteiger partial charge in [-0.15, -0.1) is 0 Å². The molecule has 0 aromatic carbocycles. The minimum absolute atomic E-state index is 0.162. The van der Waals surface area contributed by atoms with E-state index in [1.807, 2.05) is 12.3 Å². The maximum Gasteiger partial charge on any atom is 0.137 e. The van der Waals surface area contributed by atoms with Crippen molar-refractivity contribution < 1.29 is 4.74 Å². The van der Waals surface area contributed by atoms with E-state index in [1.54, 1.807) is 13.3 Å². The number of nitrogens with one attached hydrogen (secondary N) is 1. The topological polar surface area (TPSA) is 60.2 Å². The second-order valence-corrected chi connectivity index (χ2v) is 4.23. The minimum atomic E-state index is 0.162. The zero-order valence-corrected chi connectivity index (χ0v) is 10.8. The van der Waals surface area contributed by atoms with Crippen molar-refractivity contribution in [1.82, 2.24) is 10.4 Å². The Bertz CT molecular complexity index is 317. The molecule has 96 valence electrons. The van der Waals surface area contributed by atoms with E-state index in [0.717, 1.165) is 17.7 Å². The largest absolute Gasteiger partial charge is 0.495 e. The van der Waals surface area contributed by atoms with Gasteiger partial charge in [0.05, 0.1) is 13.3 Å². The van der Waals surface area contributed by atoms with Gasteiger partial charge in [-0.1, -0.05) is 32.6 Å². The van der Waals surface area contributed by atoms with Crippen LogP contribution in [0.5, 0.6) is 5.75 Å². The van der Waals surface area contributed by atoms with E-state index in [2.05, 4.69) is 17.3 Å². The van der Waals surface area contributed by atoms with Crippen molar-refractivity contribution in [3.05, 3.63) is 24.0 Å². The number of unbranched alkanes of at least 4 members (excludes halogenated alkanes) is 3. The summed E-state index contributed by atoms with van der Waals surface area (Å²) in [7, 11) is 1.65. The highest BCUT2D eigenvalue weighted by molar-refractivity contribution is 5.25. The first-order valence-corrected chi connectivity index (χ1v) is 6.26. The average molecular weight is 237 g/mol. The molecular formula is C13H23N3O. The van der Waals surface area contributed by atoms with Gasteiger partial charge in [-0.3, -0.25) is 16.3 Å². The molecule has 0 aliphatic rings. The van der Waals surface area contributed by atoms with E-state index in [1.165, 1.54) is 25.7 Å². The van der Waals surface area contributed by atoms with Gasteiger partial charge in [0.1, 0.15) is 5.75 Å². The Morgan fingerprint density at radius 3 is 2.82 bits per heavy atom. The molecule has 0 fully saturated rings. The third kappa shape index (κ3) is 4.71. The number of nitrogens with two attached hydrogens (primary N) is 1. The Hall–Kier alpha value is -1.13. The average Bonchev–Trinajstić information content (AvgIpc) is 2.39. The van der Waals surface area contributed by atoms with Crippen LogP contribution in [0.2, 0.25) is 0 Å². The van der Waals surface area contributed by atoms with Crippen molar-refractivity contribution in [3.63, 3.8) is 0 Å². The molecule has 4 heteroatoms. The summed E-state index contributed by atoms with van der Waals surface area (Å²) in [6.07, 6.45) is 9.55. The highest BCUT2D eigenvalue weighted by Gasteiger charge is 2.10. The summed E-state index contributed by atoms with van der Waals surface area (Å²) in [6.45, 7) is 2.21. The molecular weight excluding hydrogens is 214 g/mol. The van der Waals surface area contributed by atoms with E-state index < -0.39 is 0 Å². The van der Waals surface area contributed by atoms with Crippen LogP contribution in [-0.4, -0.2) is 12.1 Å². The van der Waals surface area contributed by atoms with E-state index in [-0.39, 0.29) is 6.04 Å². The smallest absolute Gasteiger partial charge is 0.137 e. The normalized spacial score (nSPS) is 12.4. The van der Waals surface area contributed by atoms with Crippen LogP contribution < -0.4 is 16.0 Å². The molecule has 1 heterocycles. The van der Waals surface area contributed by atoms with Crippen LogP contribution in [0.1, 0.15) is 50.6 Å². The number of aromatic nitrogens is 1. The Balaban J connectivity index is 2.53. The van der Waals surface area contributed by atoms with Gasteiger partial charge in [0.25, 0.3) is 0 Å². The maximum atomic E-state index is 5.59. The fraction of sp³-hybridized carbons (Fsp3) is 0.615. The Labute approximate surface area is 104 Å². The maximum absolute atomic E-state index is 5.59. The van der Waals surface area contributed by atoms with E-state index in [4.69, 9.17) is 10.6 Å². The summed E-state index contributed by atoms with van der Waals surface area (Å²) in [5.41, 5.74) is 3.94. The Kier molecular flexibility index (Phi) is 6.58. The number of pyridine rings is 1. The van der Waals surface area contributed by atoms with Crippen LogP contribution in [0, 0.1) is 0 Å². The van der Waals surface area contributed by atoms with Gasteiger partial charge in [-0.2, -0.15) is 0 Å². The zero-order chi connectivity index (χ0) is 12.5. The van der Waals surface area contributed by atoms with Crippen LogP contribution in [0.15, 0.2) is 18.5 Å². The zero-order valence-electron chi connectivity index (χ0n) is 10.8. The lowest BCUT2D eigenvalue weighted by Gasteiger charge is -2.16. The minimum Gasteiger partial charge on any atom is -0.495 e. The molecule has 1 atom stereocenters. The van der Waals surface area contributed by atoms with Crippen molar-refractivity contribution >= 4 is 0 Å². The van der Waals surface area contributed by atoms with Gasteiger partial charge in [0.15, 0.2) is 0 Å². The van der Waals surface area contributed by atoms with Gasteiger partial charge in [0.2, 0.25) is 0 Å². The van der Waals surface area contributed by atoms with E-state index in [9.17, 15) is 0 Å². The number of hydrogen-bond donors (Lipinski definition) is 2. The number of rotatable bonds is 8. The van der Waals surface area contributed by atoms with Gasteiger partial charge < -0.3 is 4.74 Å².